The Labute approximate surface area is 115 Å². The van der Waals surface area contributed by atoms with Crippen molar-refractivity contribution >= 4 is 27.7 Å². The lowest BCUT2D eigenvalue weighted by Gasteiger charge is -2.06. The third kappa shape index (κ3) is 3.91. The number of halogens is 3. The van der Waals surface area contributed by atoms with Crippen LogP contribution in [0.5, 0.6) is 0 Å². The highest BCUT2D eigenvalue weighted by Gasteiger charge is 2.26. The lowest BCUT2D eigenvalue weighted by Crippen LogP contribution is -2.10. The fourth-order valence-corrected chi connectivity index (χ4v) is 1.81. The first-order chi connectivity index (χ1) is 8.86. The van der Waals surface area contributed by atoms with Crippen LogP contribution in [0.4, 0.5) is 14.6 Å². The second kappa shape index (κ2) is 6.50. The molecule has 9 heteroatoms. The summed E-state index contributed by atoms with van der Waals surface area (Å²) in [5.41, 5.74) is -0.718. The summed E-state index contributed by atoms with van der Waals surface area (Å²) in [4.78, 5) is 24.4. The van der Waals surface area contributed by atoms with Crippen LogP contribution in [-0.2, 0) is 16.0 Å². The Morgan fingerprint density at radius 2 is 2.26 bits per heavy atom. The standard InChI is InChI=1S/C10H9BrF2N2O4/c1-2-19-7(16)4-5-3-6(9(12)13)14-10(8(5)11)15(17)18/h3,9H,2,4H2,1H3. The van der Waals surface area contributed by atoms with Gasteiger partial charge in [0.2, 0.25) is 5.69 Å². The maximum atomic E-state index is 12.6. The fourth-order valence-electron chi connectivity index (χ4n) is 1.32. The zero-order valence-electron chi connectivity index (χ0n) is 9.73. The summed E-state index contributed by atoms with van der Waals surface area (Å²) in [6, 6.07) is 0.943. The van der Waals surface area contributed by atoms with Crippen molar-refractivity contribution in [1.29, 1.82) is 0 Å². The molecule has 0 atom stereocenters. The van der Waals surface area contributed by atoms with Gasteiger partial charge in [-0.3, -0.25) is 4.79 Å². The van der Waals surface area contributed by atoms with E-state index >= 15 is 0 Å². The Morgan fingerprint density at radius 1 is 1.63 bits per heavy atom. The van der Waals surface area contributed by atoms with E-state index in [1.54, 1.807) is 6.92 Å². The molecule has 0 saturated heterocycles. The van der Waals surface area contributed by atoms with E-state index < -0.39 is 28.8 Å². The van der Waals surface area contributed by atoms with Crippen molar-refractivity contribution in [3.8, 4) is 0 Å². The molecule has 0 N–H and O–H groups in total. The summed E-state index contributed by atoms with van der Waals surface area (Å²) in [6.45, 7) is 1.72. The van der Waals surface area contributed by atoms with Gasteiger partial charge in [0, 0.05) is 0 Å². The zero-order valence-corrected chi connectivity index (χ0v) is 11.3. The third-order valence-electron chi connectivity index (χ3n) is 2.07. The average Bonchev–Trinajstić information content (AvgIpc) is 2.31. The molecular weight excluding hydrogens is 330 g/mol. The highest BCUT2D eigenvalue weighted by molar-refractivity contribution is 9.10. The topological polar surface area (TPSA) is 82.3 Å². The second-order valence-corrected chi connectivity index (χ2v) is 4.18. The summed E-state index contributed by atoms with van der Waals surface area (Å²) in [6.07, 6.45) is -3.31. The van der Waals surface area contributed by atoms with E-state index in [0.717, 1.165) is 6.07 Å². The molecule has 0 spiro atoms. The van der Waals surface area contributed by atoms with E-state index in [0.29, 0.717) is 0 Å². The second-order valence-electron chi connectivity index (χ2n) is 3.38. The molecule has 0 unspecified atom stereocenters. The van der Waals surface area contributed by atoms with Crippen LogP contribution < -0.4 is 0 Å². The molecule has 1 heterocycles. The Kier molecular flexibility index (Phi) is 5.28. The highest BCUT2D eigenvalue weighted by Crippen LogP contribution is 2.31. The molecule has 0 aliphatic carbocycles. The van der Waals surface area contributed by atoms with Crippen molar-refractivity contribution in [3.05, 3.63) is 31.9 Å². The van der Waals surface area contributed by atoms with E-state index in [1.807, 2.05) is 0 Å². The van der Waals surface area contributed by atoms with Crippen molar-refractivity contribution in [2.75, 3.05) is 6.61 Å². The molecule has 0 aromatic carbocycles. The molecule has 1 aromatic heterocycles. The molecule has 6 nitrogen and oxygen atoms in total. The largest absolute Gasteiger partial charge is 0.466 e. The highest BCUT2D eigenvalue weighted by atomic mass is 79.9. The van der Waals surface area contributed by atoms with E-state index in [4.69, 9.17) is 0 Å². The first kappa shape index (κ1) is 15.4. The normalized spacial score (nSPS) is 10.6. The minimum absolute atomic E-state index is 0.0375. The maximum Gasteiger partial charge on any atom is 0.378 e. The van der Waals surface area contributed by atoms with Gasteiger partial charge < -0.3 is 14.9 Å². The molecule has 0 fully saturated rings. The van der Waals surface area contributed by atoms with Gasteiger partial charge in [0.05, 0.1) is 13.0 Å². The molecule has 0 bridgehead atoms. The van der Waals surface area contributed by atoms with Crippen molar-refractivity contribution < 1.29 is 23.2 Å². The van der Waals surface area contributed by atoms with Gasteiger partial charge >= 0.3 is 18.2 Å². The molecular formula is C10H9BrF2N2O4. The first-order valence-electron chi connectivity index (χ1n) is 5.14. The summed E-state index contributed by atoms with van der Waals surface area (Å²) >= 11 is 2.89. The monoisotopic (exact) mass is 338 g/mol. The van der Waals surface area contributed by atoms with Crippen LogP contribution in [0.25, 0.3) is 0 Å². The Balaban J connectivity index is 3.21. The lowest BCUT2D eigenvalue weighted by molar-refractivity contribution is -0.390. The van der Waals surface area contributed by atoms with Crippen LogP contribution in [0.2, 0.25) is 0 Å². The molecule has 0 radical (unpaired) electrons. The number of pyridine rings is 1. The van der Waals surface area contributed by atoms with E-state index in [9.17, 15) is 23.7 Å². The number of carbonyl (C=O) groups excluding carboxylic acids is 1. The summed E-state index contributed by atoms with van der Waals surface area (Å²) in [5.74, 6) is -1.42. The van der Waals surface area contributed by atoms with Gasteiger partial charge in [0.1, 0.15) is 4.47 Å². The number of alkyl halides is 2. The number of nitrogens with zero attached hydrogens (tertiary/aromatic N) is 2. The molecule has 0 aliphatic rings. The lowest BCUT2D eigenvalue weighted by atomic mass is 10.1. The Hall–Kier alpha value is -1.64. The van der Waals surface area contributed by atoms with E-state index in [-0.39, 0.29) is 23.1 Å². The van der Waals surface area contributed by atoms with Crippen LogP contribution in [0, 0.1) is 10.1 Å². The number of nitro groups is 1. The summed E-state index contributed by atoms with van der Waals surface area (Å²) in [5, 5.41) is 10.7. The minimum atomic E-state index is -2.97. The number of rotatable bonds is 5. The third-order valence-corrected chi connectivity index (χ3v) is 2.94. The van der Waals surface area contributed by atoms with Gasteiger partial charge in [0.25, 0.3) is 0 Å². The number of ether oxygens (including phenoxy) is 1. The van der Waals surface area contributed by atoms with Crippen LogP contribution in [0.1, 0.15) is 24.6 Å². The number of esters is 1. The van der Waals surface area contributed by atoms with Gasteiger partial charge in [-0.1, -0.05) is 0 Å². The summed E-state index contributed by atoms with van der Waals surface area (Å²) < 4.78 is 29.7. The van der Waals surface area contributed by atoms with Gasteiger partial charge in [-0.25, -0.2) is 8.78 Å². The fraction of sp³-hybridized carbons (Fsp3) is 0.400. The molecule has 1 aromatic rings. The van der Waals surface area contributed by atoms with Gasteiger partial charge in [-0.15, -0.1) is 0 Å². The maximum absolute atomic E-state index is 12.6. The Bertz CT molecular complexity index is 511. The molecule has 19 heavy (non-hydrogen) atoms. The number of carbonyl (C=O) groups is 1. The first-order valence-corrected chi connectivity index (χ1v) is 5.93. The molecule has 0 aliphatic heterocycles. The van der Waals surface area contributed by atoms with Gasteiger partial charge in [-0.05, 0) is 44.4 Å². The minimum Gasteiger partial charge on any atom is -0.466 e. The molecule has 104 valence electrons. The molecule has 1 rings (SSSR count). The van der Waals surface area contributed by atoms with E-state index in [2.05, 4.69) is 25.7 Å². The SMILES string of the molecule is CCOC(=O)Cc1cc(C(F)F)nc([N+](=O)[O-])c1Br. The molecule has 0 saturated carbocycles. The van der Waals surface area contributed by atoms with Crippen LogP contribution >= 0.6 is 15.9 Å². The zero-order chi connectivity index (χ0) is 14.6. The average molecular weight is 339 g/mol. The van der Waals surface area contributed by atoms with Crippen molar-refractivity contribution in [2.24, 2.45) is 0 Å². The van der Waals surface area contributed by atoms with Crippen molar-refractivity contribution in [1.82, 2.24) is 4.98 Å². The molecule has 0 amide bonds. The van der Waals surface area contributed by atoms with Crippen LogP contribution in [0.3, 0.4) is 0 Å². The predicted octanol–water partition coefficient (Wildman–Crippen LogP) is 2.80. The van der Waals surface area contributed by atoms with Crippen molar-refractivity contribution in [3.63, 3.8) is 0 Å². The number of hydrogen-bond acceptors (Lipinski definition) is 5. The van der Waals surface area contributed by atoms with Gasteiger partial charge in [0.15, 0.2) is 0 Å². The van der Waals surface area contributed by atoms with Gasteiger partial charge in [-0.2, -0.15) is 0 Å². The van der Waals surface area contributed by atoms with E-state index in [1.165, 1.54) is 0 Å². The smallest absolute Gasteiger partial charge is 0.378 e. The number of hydrogen-bond donors (Lipinski definition) is 0. The van der Waals surface area contributed by atoms with Crippen LogP contribution in [-0.4, -0.2) is 22.5 Å². The summed E-state index contributed by atoms with van der Waals surface area (Å²) in [7, 11) is 0. The van der Waals surface area contributed by atoms with Crippen molar-refractivity contribution in [2.45, 2.75) is 19.8 Å². The number of aromatic nitrogens is 1. The predicted molar refractivity (Wildman–Crippen MR) is 63.9 cm³/mol. The quantitative estimate of drug-likeness (QED) is 0.468. The Morgan fingerprint density at radius 3 is 2.74 bits per heavy atom. The van der Waals surface area contributed by atoms with Crippen LogP contribution in [0.15, 0.2) is 10.5 Å².